The number of aryl methyl sites for hydroxylation is 2. The summed E-state index contributed by atoms with van der Waals surface area (Å²) in [5, 5.41) is 0. The van der Waals surface area contributed by atoms with Gasteiger partial charge >= 0.3 is 0 Å². The molecule has 178 valence electrons. The summed E-state index contributed by atoms with van der Waals surface area (Å²) < 4.78 is 3.06. The molecule has 0 radical (unpaired) electrons. The monoisotopic (exact) mass is 464 g/mol. The summed E-state index contributed by atoms with van der Waals surface area (Å²) in [6.45, 7) is 11.3. The van der Waals surface area contributed by atoms with Crippen LogP contribution < -0.4 is 9.62 Å². The van der Waals surface area contributed by atoms with E-state index in [1.165, 1.54) is 48.1 Å². The molecule has 4 rings (SSSR count). The molecule has 2 bridgehead atoms. The maximum Gasteiger partial charge on any atom is 0.261 e. The van der Waals surface area contributed by atoms with Crippen LogP contribution in [0.5, 0.6) is 0 Å². The number of amides is 1. The summed E-state index contributed by atoms with van der Waals surface area (Å²) in [5.41, 5.74) is 6.21. The first-order valence-electron chi connectivity index (χ1n) is 12.8. The van der Waals surface area contributed by atoms with Crippen LogP contribution in [0.25, 0.3) is 0 Å². The molecule has 1 N–H and O–H groups in total. The third-order valence-electron chi connectivity index (χ3n) is 7.84. The van der Waals surface area contributed by atoms with Crippen molar-refractivity contribution in [2.45, 2.75) is 65.7 Å². The number of benzene rings is 2. The minimum absolute atomic E-state index is 0.0260. The molecular weight excluding hydrogens is 424 g/mol. The summed E-state index contributed by atoms with van der Waals surface area (Å²) in [7, 11) is 0. The van der Waals surface area contributed by atoms with Crippen molar-refractivity contribution in [3.05, 3.63) is 64.7 Å². The van der Waals surface area contributed by atoms with E-state index < -0.39 is 0 Å². The van der Waals surface area contributed by atoms with Gasteiger partial charge in [-0.25, -0.2) is 0 Å². The van der Waals surface area contributed by atoms with Gasteiger partial charge in [0.05, 0.1) is 0 Å². The average Bonchev–Trinajstić information content (AvgIpc) is 2.81. The van der Waals surface area contributed by atoms with E-state index in [1.54, 1.807) is 11.9 Å². The Morgan fingerprint density at radius 3 is 2.82 bits per heavy atom. The van der Waals surface area contributed by atoms with Crippen molar-refractivity contribution >= 4 is 23.5 Å². The first-order chi connectivity index (χ1) is 16.0. The van der Waals surface area contributed by atoms with Gasteiger partial charge in [0.2, 0.25) is 0 Å². The van der Waals surface area contributed by atoms with Crippen LogP contribution in [0.2, 0.25) is 0 Å². The minimum atomic E-state index is 0.0260. The van der Waals surface area contributed by atoms with E-state index in [9.17, 15) is 4.79 Å². The van der Waals surface area contributed by atoms with Crippen LogP contribution in [0.4, 0.5) is 5.69 Å². The van der Waals surface area contributed by atoms with Gasteiger partial charge in [-0.1, -0.05) is 69.5 Å². The zero-order valence-corrected chi connectivity index (χ0v) is 21.6. The van der Waals surface area contributed by atoms with Crippen LogP contribution >= 0.6 is 11.9 Å². The topological polar surface area (TPSA) is 32.3 Å². The molecule has 1 saturated carbocycles. The highest BCUT2D eigenvalue weighted by atomic mass is 32.2. The summed E-state index contributed by atoms with van der Waals surface area (Å²) in [6.07, 6.45) is 6.11. The molecule has 1 fully saturated rings. The maximum atomic E-state index is 12.8. The number of carbonyl (C=O) groups is 1. The Bertz CT molecular complexity index is 958. The first-order valence-corrected chi connectivity index (χ1v) is 13.8. The molecule has 3 nitrogen and oxygen atoms in total. The van der Waals surface area contributed by atoms with Crippen molar-refractivity contribution in [1.29, 1.82) is 0 Å². The third kappa shape index (κ3) is 5.59. The van der Waals surface area contributed by atoms with E-state index >= 15 is 0 Å². The molecule has 1 amide bonds. The van der Waals surface area contributed by atoms with E-state index in [0.29, 0.717) is 5.92 Å². The highest BCUT2D eigenvalue weighted by molar-refractivity contribution is 7.97. The lowest BCUT2D eigenvalue weighted by Crippen LogP contribution is -2.45. The Labute approximate surface area is 204 Å². The molecule has 1 heterocycles. The van der Waals surface area contributed by atoms with Gasteiger partial charge in [-0.05, 0) is 85.1 Å². The summed E-state index contributed by atoms with van der Waals surface area (Å²) in [5.74, 6) is 3.78. The van der Waals surface area contributed by atoms with Crippen LogP contribution in [0, 0.1) is 24.7 Å². The fourth-order valence-electron chi connectivity index (χ4n) is 5.91. The van der Waals surface area contributed by atoms with Crippen molar-refractivity contribution in [1.82, 2.24) is 4.72 Å². The predicted molar refractivity (Wildman–Crippen MR) is 142 cm³/mol. The Morgan fingerprint density at radius 1 is 1.21 bits per heavy atom. The lowest BCUT2D eigenvalue weighted by molar-refractivity contribution is 0.0829. The molecule has 4 unspecified atom stereocenters. The number of hydrogen-bond acceptors (Lipinski definition) is 3. The van der Waals surface area contributed by atoms with Crippen LogP contribution in [-0.4, -0.2) is 24.7 Å². The molecule has 2 aromatic rings. The number of carbonyl (C=O) groups excluding carboxylic acids is 1. The van der Waals surface area contributed by atoms with Crippen LogP contribution in [-0.2, 0) is 6.42 Å². The normalized spacial score (nSPS) is 24.4. The molecular formula is C29H40N2OS. The summed E-state index contributed by atoms with van der Waals surface area (Å²) >= 11 is 1.57. The summed E-state index contributed by atoms with van der Waals surface area (Å²) in [4.78, 5) is 15.4. The zero-order chi connectivity index (χ0) is 23.4. The fourth-order valence-corrected chi connectivity index (χ4v) is 6.57. The van der Waals surface area contributed by atoms with Gasteiger partial charge in [-0.15, -0.1) is 0 Å². The van der Waals surface area contributed by atoms with Crippen molar-refractivity contribution in [3.63, 3.8) is 0 Å². The molecule has 1 aliphatic carbocycles. The van der Waals surface area contributed by atoms with Crippen molar-refractivity contribution in [3.8, 4) is 0 Å². The van der Waals surface area contributed by atoms with E-state index in [0.717, 1.165) is 48.6 Å². The number of hydrogen-bond donors (Lipinski definition) is 1. The molecule has 0 saturated heterocycles. The van der Waals surface area contributed by atoms with Crippen LogP contribution in [0.3, 0.4) is 0 Å². The van der Waals surface area contributed by atoms with Gasteiger partial charge in [-0.3, -0.25) is 9.52 Å². The Morgan fingerprint density at radius 2 is 2.03 bits per heavy atom. The fraction of sp³-hybridized carbons (Fsp3) is 0.552. The van der Waals surface area contributed by atoms with Crippen LogP contribution in [0.15, 0.2) is 42.5 Å². The number of anilines is 1. The average molecular weight is 465 g/mol. The second kappa shape index (κ2) is 11.0. The number of nitrogens with zero attached hydrogens (tertiary/aromatic N) is 1. The third-order valence-corrected chi connectivity index (χ3v) is 8.66. The molecule has 2 aliphatic rings. The molecule has 1 aliphatic heterocycles. The molecule has 0 aromatic heterocycles. The molecule has 33 heavy (non-hydrogen) atoms. The minimum Gasteiger partial charge on any atom is -0.370 e. The quantitative estimate of drug-likeness (QED) is 0.483. The number of rotatable bonds is 5. The van der Waals surface area contributed by atoms with Gasteiger partial charge in [0, 0.05) is 30.1 Å². The van der Waals surface area contributed by atoms with Gasteiger partial charge in [0.15, 0.2) is 0 Å². The van der Waals surface area contributed by atoms with Crippen molar-refractivity contribution < 1.29 is 4.79 Å². The molecule has 4 atom stereocenters. The largest absolute Gasteiger partial charge is 0.370 e. The summed E-state index contributed by atoms with van der Waals surface area (Å²) in [6, 6.07) is 15.2. The van der Waals surface area contributed by atoms with Crippen LogP contribution in [0.1, 0.15) is 79.4 Å². The van der Waals surface area contributed by atoms with E-state index in [-0.39, 0.29) is 5.91 Å². The van der Waals surface area contributed by atoms with E-state index in [4.69, 9.17) is 0 Å². The van der Waals surface area contributed by atoms with E-state index in [2.05, 4.69) is 73.7 Å². The SMILES string of the molecule is CCCc1ccccc1C(C)CN1CC2C(C)CC2CCCSNC(=O)c2ccc(C)c1c2. The smallest absolute Gasteiger partial charge is 0.261 e. The predicted octanol–water partition coefficient (Wildman–Crippen LogP) is 7.00. The second-order valence-corrected chi connectivity index (χ2v) is 11.2. The lowest BCUT2D eigenvalue weighted by atomic mass is 9.63. The first kappa shape index (κ1) is 24.2. The van der Waals surface area contributed by atoms with Gasteiger partial charge in [0.1, 0.15) is 0 Å². The van der Waals surface area contributed by atoms with Gasteiger partial charge in [-0.2, -0.15) is 0 Å². The van der Waals surface area contributed by atoms with Gasteiger partial charge in [0.25, 0.3) is 5.91 Å². The Kier molecular flexibility index (Phi) is 8.06. The zero-order valence-electron chi connectivity index (χ0n) is 20.8. The number of nitrogens with one attached hydrogen (secondary N) is 1. The number of fused-ring (bicyclic) bond motifs is 3. The maximum absolute atomic E-state index is 12.8. The Balaban J connectivity index is 1.67. The molecule has 4 heteroatoms. The standard InChI is InChI=1S/C29H40N2OS/c1-5-9-23-10-6-7-12-26(23)22(4)18-31-19-27-21(3)16-24(27)11-8-15-33-30-29(32)25-14-13-20(2)28(31)17-25/h6-7,10,12-14,17,21-22,24,27H,5,8-9,11,15-16,18-19H2,1-4H3,(H,30,32). The Hall–Kier alpha value is -1.94. The highest BCUT2D eigenvalue weighted by Crippen LogP contribution is 2.44. The second-order valence-electron chi connectivity index (χ2n) is 10.3. The molecule has 2 aromatic carbocycles. The highest BCUT2D eigenvalue weighted by Gasteiger charge is 2.39. The van der Waals surface area contributed by atoms with Gasteiger partial charge < -0.3 is 4.90 Å². The van der Waals surface area contributed by atoms with Crippen molar-refractivity contribution in [2.75, 3.05) is 23.7 Å². The van der Waals surface area contributed by atoms with Crippen molar-refractivity contribution in [2.24, 2.45) is 17.8 Å². The molecule has 0 spiro atoms. The van der Waals surface area contributed by atoms with E-state index in [1.807, 2.05) is 6.07 Å². The lowest BCUT2D eigenvalue weighted by Gasteiger charge is -2.47.